The molecule has 0 spiro atoms. The molecule has 0 N–H and O–H groups in total. The van der Waals surface area contributed by atoms with Gasteiger partial charge in [0.25, 0.3) is 0 Å². The molecule has 0 aromatic carbocycles. The molecule has 18 heavy (non-hydrogen) atoms. The second-order valence-electron chi connectivity index (χ2n) is 3.50. The minimum Gasteiger partial charge on any atom is -0.351 e. The molecule has 0 aliphatic carbocycles. The maximum Gasteiger partial charge on any atom is 0.209 e. The van der Waals surface area contributed by atoms with E-state index in [0.29, 0.717) is 0 Å². The molecule has 0 unspecified atom stereocenters. The van der Waals surface area contributed by atoms with E-state index < -0.39 is 0 Å². The summed E-state index contributed by atoms with van der Waals surface area (Å²) in [4.78, 5) is 19.2. The summed E-state index contributed by atoms with van der Waals surface area (Å²) in [6, 6.07) is 11.6. The fourth-order valence-electron chi connectivity index (χ4n) is 1.03. The first-order valence-electron chi connectivity index (χ1n) is 5.18. The summed E-state index contributed by atoms with van der Waals surface area (Å²) < 4.78 is 0. The molecule has 2 aromatic heterocycles. The Morgan fingerprint density at radius 2 is 1.33 bits per heavy atom. The van der Waals surface area contributed by atoms with Crippen LogP contribution in [0.3, 0.4) is 0 Å². The van der Waals surface area contributed by atoms with Crippen molar-refractivity contribution in [3.8, 4) is 11.4 Å². The first kappa shape index (κ1) is 16.3. The maximum atomic E-state index is 9.43. The molecular formula is C13H15N3NiO. The van der Waals surface area contributed by atoms with Gasteiger partial charge in [-0.2, -0.15) is 0 Å². The largest absolute Gasteiger partial charge is 0.351 e. The smallest absolute Gasteiger partial charge is 0.209 e. The standard InChI is InChI=1S/C10H8N2.C3H7NO.Ni/c1-3-7-11-9(5-1)10-6-2-4-8-12-10;1-4(2)3-5;/h1-8H;3H,1-2H3;. The number of carbonyl (C=O) groups is 1. The molecular weight excluding hydrogens is 273 g/mol. The zero-order valence-corrected chi connectivity index (χ0v) is 11.2. The van der Waals surface area contributed by atoms with Gasteiger partial charge in [-0.15, -0.1) is 0 Å². The topological polar surface area (TPSA) is 46.1 Å². The molecule has 98 valence electrons. The summed E-state index contributed by atoms with van der Waals surface area (Å²) in [5.41, 5.74) is 1.83. The van der Waals surface area contributed by atoms with Gasteiger partial charge < -0.3 is 4.90 Å². The Kier molecular flexibility index (Phi) is 8.41. The Balaban J connectivity index is 0.000000421. The quantitative estimate of drug-likeness (QED) is 0.625. The van der Waals surface area contributed by atoms with Crippen molar-refractivity contribution in [2.45, 2.75) is 0 Å². The van der Waals surface area contributed by atoms with Crippen molar-refractivity contribution in [2.24, 2.45) is 0 Å². The fraction of sp³-hybridized carbons (Fsp3) is 0.154. The summed E-state index contributed by atoms with van der Waals surface area (Å²) in [7, 11) is 3.38. The molecule has 0 fully saturated rings. The number of rotatable bonds is 2. The predicted molar refractivity (Wildman–Crippen MR) is 67.2 cm³/mol. The van der Waals surface area contributed by atoms with E-state index >= 15 is 0 Å². The average Bonchev–Trinajstić information content (AvgIpc) is 2.41. The second-order valence-corrected chi connectivity index (χ2v) is 3.50. The van der Waals surface area contributed by atoms with Crippen LogP contribution in [0.1, 0.15) is 0 Å². The summed E-state index contributed by atoms with van der Waals surface area (Å²) >= 11 is 0. The van der Waals surface area contributed by atoms with E-state index in [4.69, 9.17) is 0 Å². The van der Waals surface area contributed by atoms with Crippen molar-refractivity contribution >= 4 is 6.41 Å². The number of amides is 1. The van der Waals surface area contributed by atoms with Crippen molar-refractivity contribution in [3.63, 3.8) is 0 Å². The monoisotopic (exact) mass is 287 g/mol. The molecule has 0 saturated carbocycles. The van der Waals surface area contributed by atoms with E-state index in [1.807, 2.05) is 36.4 Å². The molecule has 0 radical (unpaired) electrons. The average molecular weight is 288 g/mol. The summed E-state index contributed by atoms with van der Waals surface area (Å²) in [6.45, 7) is 0. The van der Waals surface area contributed by atoms with Crippen molar-refractivity contribution in [2.75, 3.05) is 14.1 Å². The summed E-state index contributed by atoms with van der Waals surface area (Å²) in [6.07, 6.45) is 4.29. The maximum absolute atomic E-state index is 9.43. The van der Waals surface area contributed by atoms with E-state index in [-0.39, 0.29) is 16.5 Å². The van der Waals surface area contributed by atoms with Crippen LogP contribution in [0.25, 0.3) is 11.4 Å². The fourth-order valence-corrected chi connectivity index (χ4v) is 1.03. The van der Waals surface area contributed by atoms with Crippen molar-refractivity contribution < 1.29 is 21.3 Å². The van der Waals surface area contributed by atoms with Gasteiger partial charge in [0, 0.05) is 43.0 Å². The van der Waals surface area contributed by atoms with Crippen molar-refractivity contribution in [1.82, 2.24) is 14.9 Å². The van der Waals surface area contributed by atoms with Crippen LogP contribution in [0.5, 0.6) is 0 Å². The molecule has 0 aliphatic heterocycles. The molecule has 1 amide bonds. The van der Waals surface area contributed by atoms with E-state index in [9.17, 15) is 4.79 Å². The Morgan fingerprint density at radius 3 is 1.56 bits per heavy atom. The van der Waals surface area contributed by atoms with Crippen LogP contribution in [-0.2, 0) is 21.3 Å². The van der Waals surface area contributed by atoms with Crippen molar-refractivity contribution in [3.05, 3.63) is 48.8 Å². The minimum absolute atomic E-state index is 0. The predicted octanol–water partition coefficient (Wildman–Crippen LogP) is 1.85. The Morgan fingerprint density at radius 1 is 0.944 bits per heavy atom. The molecule has 2 heterocycles. The number of hydrogen-bond acceptors (Lipinski definition) is 3. The van der Waals surface area contributed by atoms with Gasteiger partial charge in [0.15, 0.2) is 0 Å². The van der Waals surface area contributed by atoms with Gasteiger partial charge in [0.05, 0.1) is 11.4 Å². The van der Waals surface area contributed by atoms with Crippen LogP contribution in [0.2, 0.25) is 0 Å². The molecule has 0 saturated heterocycles. The van der Waals surface area contributed by atoms with Gasteiger partial charge in [0.2, 0.25) is 6.41 Å². The summed E-state index contributed by atoms with van der Waals surface area (Å²) in [5, 5.41) is 0. The Labute approximate surface area is 117 Å². The van der Waals surface area contributed by atoms with Gasteiger partial charge >= 0.3 is 0 Å². The summed E-state index contributed by atoms with van der Waals surface area (Å²) in [5.74, 6) is 0. The van der Waals surface area contributed by atoms with Gasteiger partial charge in [-0.05, 0) is 24.3 Å². The zero-order chi connectivity index (χ0) is 12.5. The normalized spacial score (nSPS) is 8.33. The molecule has 2 aromatic rings. The third kappa shape index (κ3) is 6.11. The number of pyridine rings is 2. The van der Waals surface area contributed by atoms with Crippen LogP contribution < -0.4 is 0 Å². The first-order valence-corrected chi connectivity index (χ1v) is 5.18. The third-order valence-electron chi connectivity index (χ3n) is 1.80. The Hall–Kier alpha value is -1.74. The van der Waals surface area contributed by atoms with Crippen molar-refractivity contribution in [1.29, 1.82) is 0 Å². The van der Waals surface area contributed by atoms with E-state index in [0.717, 1.165) is 17.8 Å². The Bertz CT molecular complexity index is 397. The van der Waals surface area contributed by atoms with Crippen LogP contribution in [0.15, 0.2) is 48.8 Å². The SMILES string of the molecule is CN(C)C=O.[Ni].c1ccc(-c2ccccn2)nc1. The van der Waals surface area contributed by atoms with Gasteiger partial charge in [-0.25, -0.2) is 0 Å². The van der Waals surface area contributed by atoms with E-state index in [1.54, 1.807) is 26.5 Å². The van der Waals surface area contributed by atoms with Gasteiger partial charge in [0.1, 0.15) is 0 Å². The van der Waals surface area contributed by atoms with Crippen LogP contribution >= 0.6 is 0 Å². The van der Waals surface area contributed by atoms with Gasteiger partial charge in [-0.3, -0.25) is 14.8 Å². The van der Waals surface area contributed by atoms with Crippen LogP contribution in [0, 0.1) is 0 Å². The molecule has 0 aliphatic rings. The molecule has 4 nitrogen and oxygen atoms in total. The third-order valence-corrected chi connectivity index (χ3v) is 1.80. The minimum atomic E-state index is 0. The molecule has 0 atom stereocenters. The van der Waals surface area contributed by atoms with E-state index in [2.05, 4.69) is 9.97 Å². The molecule has 5 heteroatoms. The van der Waals surface area contributed by atoms with Gasteiger partial charge in [-0.1, -0.05) is 12.1 Å². The number of hydrogen-bond donors (Lipinski definition) is 0. The zero-order valence-electron chi connectivity index (χ0n) is 10.3. The number of aromatic nitrogens is 2. The van der Waals surface area contributed by atoms with E-state index in [1.165, 1.54) is 4.90 Å². The second kappa shape index (κ2) is 9.31. The number of carbonyl (C=O) groups excluding carboxylic acids is 1. The first-order chi connectivity index (χ1) is 8.24. The number of nitrogens with zero attached hydrogens (tertiary/aromatic N) is 3. The van der Waals surface area contributed by atoms with Crippen LogP contribution in [-0.4, -0.2) is 35.4 Å². The molecule has 0 bridgehead atoms. The van der Waals surface area contributed by atoms with Crippen LogP contribution in [0.4, 0.5) is 0 Å². The molecule has 2 rings (SSSR count).